The van der Waals surface area contributed by atoms with Crippen LogP contribution in [0.15, 0.2) is 46.3 Å². The summed E-state index contributed by atoms with van der Waals surface area (Å²) in [4.78, 5) is 29.6. The first-order valence-corrected chi connectivity index (χ1v) is 9.63. The molecule has 2 heterocycles. The zero-order valence-corrected chi connectivity index (χ0v) is 16.2. The number of nitrogens with zero attached hydrogens (tertiary/aromatic N) is 5. The molecule has 8 nitrogen and oxygen atoms in total. The maximum atomic E-state index is 12.5. The molecule has 0 spiro atoms. The van der Waals surface area contributed by atoms with E-state index < -0.39 is 4.92 Å². The summed E-state index contributed by atoms with van der Waals surface area (Å²) in [5, 5.41) is 20.8. The van der Waals surface area contributed by atoms with Gasteiger partial charge in [-0.25, -0.2) is 0 Å². The van der Waals surface area contributed by atoms with Gasteiger partial charge in [0.05, 0.1) is 15.4 Å². The highest BCUT2D eigenvalue weighted by Crippen LogP contribution is 2.33. The number of carbonyl (C=O) groups is 1. The van der Waals surface area contributed by atoms with Crippen LogP contribution in [-0.4, -0.2) is 37.6 Å². The average molecular weight is 401 g/mol. The third kappa shape index (κ3) is 4.29. The van der Waals surface area contributed by atoms with Gasteiger partial charge in [0.25, 0.3) is 11.6 Å². The van der Waals surface area contributed by atoms with Gasteiger partial charge in [-0.3, -0.25) is 19.8 Å². The minimum atomic E-state index is -0.435. The molecule has 138 valence electrons. The summed E-state index contributed by atoms with van der Waals surface area (Å²) in [6.07, 6.45) is 4.88. The fourth-order valence-electron chi connectivity index (χ4n) is 2.33. The molecule has 0 N–H and O–H groups in total. The van der Waals surface area contributed by atoms with E-state index in [0.717, 1.165) is 5.01 Å². The molecule has 1 fully saturated rings. The van der Waals surface area contributed by atoms with Gasteiger partial charge in [0.1, 0.15) is 5.01 Å². The van der Waals surface area contributed by atoms with E-state index >= 15 is 0 Å². The Bertz CT molecular complexity index is 980. The van der Waals surface area contributed by atoms with Crippen molar-refractivity contribution in [1.29, 1.82) is 0 Å². The number of benzene rings is 1. The highest BCUT2D eigenvalue weighted by molar-refractivity contribution is 8.18. The Hall–Kier alpha value is -2.85. The summed E-state index contributed by atoms with van der Waals surface area (Å²) >= 11 is 2.59. The predicted octanol–water partition coefficient (Wildman–Crippen LogP) is 3.93. The number of allylic oxidation sites excluding steroid dienone is 2. The smallest absolute Gasteiger partial charge is 0.276 e. The number of hydrogen-bond acceptors (Lipinski definition) is 8. The SMILES string of the molecule is CCN1C(=O)/C(=C/C=C/c2ccccc2[N+](=O)[O-])S/C1=N/c1nnc(C)s1. The molecule has 0 bridgehead atoms. The van der Waals surface area contributed by atoms with Crippen LogP contribution in [0.1, 0.15) is 17.5 Å². The predicted molar refractivity (Wildman–Crippen MR) is 107 cm³/mol. The molecule has 1 aliphatic heterocycles. The van der Waals surface area contributed by atoms with Crippen LogP contribution in [-0.2, 0) is 4.79 Å². The number of rotatable bonds is 5. The molecule has 10 heteroatoms. The Morgan fingerprint density at radius 2 is 2.11 bits per heavy atom. The molecule has 1 amide bonds. The third-order valence-corrected chi connectivity index (χ3v) is 5.33. The van der Waals surface area contributed by atoms with Gasteiger partial charge in [-0.2, -0.15) is 4.99 Å². The maximum Gasteiger partial charge on any atom is 0.276 e. The second-order valence-electron chi connectivity index (χ2n) is 5.36. The Balaban J connectivity index is 1.84. The summed E-state index contributed by atoms with van der Waals surface area (Å²) in [6.45, 7) is 4.18. The van der Waals surface area contributed by atoms with E-state index in [1.165, 1.54) is 29.2 Å². The van der Waals surface area contributed by atoms with Crippen LogP contribution in [0.2, 0.25) is 0 Å². The fraction of sp³-hybridized carbons (Fsp3) is 0.176. The second kappa shape index (κ2) is 8.23. The molecule has 2 aromatic rings. The summed E-state index contributed by atoms with van der Waals surface area (Å²) in [7, 11) is 0. The maximum absolute atomic E-state index is 12.5. The number of amidine groups is 1. The van der Waals surface area contributed by atoms with Crippen molar-refractivity contribution in [3.05, 3.63) is 62.0 Å². The van der Waals surface area contributed by atoms with Crippen LogP contribution >= 0.6 is 23.1 Å². The van der Waals surface area contributed by atoms with Crippen LogP contribution in [0, 0.1) is 17.0 Å². The summed E-state index contributed by atoms with van der Waals surface area (Å²) < 4.78 is 0. The standard InChI is InChI=1S/C17H15N5O3S2/c1-3-21-15(23)14(27-17(21)18-16-20-19-11(2)26-16)10-6-8-12-7-4-5-9-13(12)22(24)25/h4-10H,3H2,1-2H3/b8-6+,14-10-,18-17+. The molecule has 0 aliphatic carbocycles. The summed E-state index contributed by atoms with van der Waals surface area (Å²) in [5.41, 5.74) is 0.488. The lowest BCUT2D eigenvalue weighted by molar-refractivity contribution is -0.385. The number of thioether (sulfide) groups is 1. The largest absolute Gasteiger partial charge is 0.287 e. The third-order valence-electron chi connectivity index (χ3n) is 3.57. The van der Waals surface area contributed by atoms with Crippen molar-refractivity contribution in [1.82, 2.24) is 15.1 Å². The van der Waals surface area contributed by atoms with E-state index in [2.05, 4.69) is 15.2 Å². The van der Waals surface area contributed by atoms with Gasteiger partial charge in [0, 0.05) is 12.6 Å². The number of amides is 1. The molecule has 3 rings (SSSR count). The lowest BCUT2D eigenvalue weighted by Crippen LogP contribution is -2.28. The zero-order valence-electron chi connectivity index (χ0n) is 14.5. The molecule has 0 unspecified atom stereocenters. The van der Waals surface area contributed by atoms with E-state index in [1.54, 1.807) is 41.3 Å². The molecule has 1 aromatic heterocycles. The van der Waals surface area contributed by atoms with Crippen molar-refractivity contribution in [2.45, 2.75) is 13.8 Å². The number of aliphatic imine (C=N–C) groups is 1. The molecule has 0 atom stereocenters. The lowest BCUT2D eigenvalue weighted by Gasteiger charge is -2.10. The summed E-state index contributed by atoms with van der Waals surface area (Å²) in [6, 6.07) is 6.43. The van der Waals surface area contributed by atoms with Gasteiger partial charge in [-0.05, 0) is 43.8 Å². The van der Waals surface area contributed by atoms with E-state index in [4.69, 9.17) is 0 Å². The highest BCUT2D eigenvalue weighted by Gasteiger charge is 2.32. The number of aryl methyl sites for hydroxylation is 1. The van der Waals surface area contributed by atoms with Crippen LogP contribution in [0.3, 0.4) is 0 Å². The number of likely N-dealkylation sites (N-methyl/N-ethyl adjacent to an activating group) is 1. The molecule has 0 saturated carbocycles. The van der Waals surface area contributed by atoms with Crippen molar-refractivity contribution >= 4 is 51.1 Å². The Kier molecular flexibility index (Phi) is 5.77. The van der Waals surface area contributed by atoms with Crippen LogP contribution in [0.5, 0.6) is 0 Å². The Morgan fingerprint density at radius 3 is 2.78 bits per heavy atom. The first-order chi connectivity index (χ1) is 13.0. The molecule has 1 aromatic carbocycles. The number of nitro benzene ring substituents is 1. The lowest BCUT2D eigenvalue weighted by atomic mass is 10.1. The molecule has 0 radical (unpaired) electrons. The van der Waals surface area contributed by atoms with Crippen molar-refractivity contribution in [3.8, 4) is 0 Å². The fourth-order valence-corrected chi connectivity index (χ4v) is 3.94. The quantitative estimate of drug-likeness (QED) is 0.427. The van der Waals surface area contributed by atoms with E-state index in [0.29, 0.717) is 27.3 Å². The zero-order chi connectivity index (χ0) is 19.4. The Labute approximate surface area is 163 Å². The minimum Gasteiger partial charge on any atom is -0.287 e. The van der Waals surface area contributed by atoms with Crippen molar-refractivity contribution in [3.63, 3.8) is 0 Å². The number of nitro groups is 1. The van der Waals surface area contributed by atoms with Gasteiger partial charge in [0.2, 0.25) is 5.13 Å². The van der Waals surface area contributed by atoms with Crippen molar-refractivity contribution in [2.75, 3.05) is 6.54 Å². The monoisotopic (exact) mass is 401 g/mol. The molecular weight excluding hydrogens is 386 g/mol. The van der Waals surface area contributed by atoms with Crippen LogP contribution in [0.4, 0.5) is 10.8 Å². The molecule has 1 aliphatic rings. The molecule has 1 saturated heterocycles. The normalized spacial score (nSPS) is 17.6. The van der Waals surface area contributed by atoms with Crippen LogP contribution < -0.4 is 0 Å². The minimum absolute atomic E-state index is 0.0154. The number of aromatic nitrogens is 2. The number of para-hydroxylation sites is 1. The van der Waals surface area contributed by atoms with E-state index in [1.807, 2.05) is 13.8 Å². The molecular formula is C17H15N5O3S2. The molecule has 27 heavy (non-hydrogen) atoms. The average Bonchev–Trinajstić information content (AvgIpc) is 3.18. The highest BCUT2D eigenvalue weighted by atomic mass is 32.2. The Morgan fingerprint density at radius 1 is 1.33 bits per heavy atom. The van der Waals surface area contributed by atoms with Crippen LogP contribution in [0.25, 0.3) is 6.08 Å². The topological polar surface area (TPSA) is 102 Å². The van der Waals surface area contributed by atoms with Gasteiger partial charge < -0.3 is 0 Å². The second-order valence-corrected chi connectivity index (χ2v) is 7.52. The first kappa shape index (κ1) is 18.9. The van der Waals surface area contributed by atoms with E-state index in [-0.39, 0.29) is 11.6 Å². The van der Waals surface area contributed by atoms with Gasteiger partial charge in [0.15, 0.2) is 5.17 Å². The van der Waals surface area contributed by atoms with Crippen molar-refractivity contribution < 1.29 is 9.72 Å². The van der Waals surface area contributed by atoms with Gasteiger partial charge in [-0.1, -0.05) is 29.5 Å². The summed E-state index contributed by atoms with van der Waals surface area (Å²) in [5.74, 6) is -0.158. The van der Waals surface area contributed by atoms with Gasteiger partial charge >= 0.3 is 0 Å². The van der Waals surface area contributed by atoms with E-state index in [9.17, 15) is 14.9 Å². The number of carbonyl (C=O) groups excluding carboxylic acids is 1. The number of hydrogen-bond donors (Lipinski definition) is 0. The van der Waals surface area contributed by atoms with Gasteiger partial charge in [-0.15, -0.1) is 10.2 Å². The van der Waals surface area contributed by atoms with Crippen molar-refractivity contribution in [2.24, 2.45) is 4.99 Å². The first-order valence-electron chi connectivity index (χ1n) is 8.00.